The number of alkyl halides is 3. The second-order valence-corrected chi connectivity index (χ2v) is 8.09. The van der Waals surface area contributed by atoms with Gasteiger partial charge in [0.05, 0.1) is 15.9 Å². The normalized spacial score (nSPS) is 12.8. The molecule has 1 heterocycles. The SMILES string of the molecule is O=S(=O)(CCNc1nonc1C(=Nc1ccc(F)c(Br)c1)NO)NCC(F)(F)F. The van der Waals surface area contributed by atoms with E-state index in [1.807, 2.05) is 0 Å². The van der Waals surface area contributed by atoms with Crippen molar-refractivity contribution in [2.75, 3.05) is 24.2 Å². The van der Waals surface area contributed by atoms with E-state index in [2.05, 4.69) is 41.2 Å². The molecule has 1 aromatic heterocycles. The van der Waals surface area contributed by atoms with Crippen molar-refractivity contribution in [3.8, 4) is 0 Å². The third-order valence-corrected chi connectivity index (χ3v) is 5.05. The van der Waals surface area contributed by atoms with E-state index in [0.29, 0.717) is 0 Å². The summed E-state index contributed by atoms with van der Waals surface area (Å²) in [5.41, 5.74) is 1.81. The van der Waals surface area contributed by atoms with E-state index in [1.54, 1.807) is 5.48 Å². The molecule has 0 aliphatic heterocycles. The molecule has 0 aliphatic rings. The molecular formula is C13H13BrF4N6O4S. The van der Waals surface area contributed by atoms with Crippen molar-refractivity contribution >= 4 is 43.3 Å². The van der Waals surface area contributed by atoms with Gasteiger partial charge >= 0.3 is 6.18 Å². The summed E-state index contributed by atoms with van der Waals surface area (Å²) in [6.07, 6.45) is -4.68. The van der Waals surface area contributed by atoms with E-state index >= 15 is 0 Å². The van der Waals surface area contributed by atoms with Crippen LogP contribution in [0.2, 0.25) is 0 Å². The molecule has 16 heteroatoms. The van der Waals surface area contributed by atoms with Crippen molar-refractivity contribution in [3.63, 3.8) is 0 Å². The molecule has 0 fully saturated rings. The fraction of sp³-hybridized carbons (Fsp3) is 0.308. The monoisotopic (exact) mass is 504 g/mol. The first kappa shape index (κ1) is 23.0. The van der Waals surface area contributed by atoms with E-state index < -0.39 is 34.3 Å². The molecule has 0 saturated heterocycles. The minimum Gasteiger partial charge on any atom is -0.364 e. The lowest BCUT2D eigenvalue weighted by molar-refractivity contribution is -0.121. The summed E-state index contributed by atoms with van der Waals surface area (Å²) in [7, 11) is -4.21. The molecule has 0 atom stereocenters. The number of rotatable bonds is 8. The van der Waals surface area contributed by atoms with Crippen LogP contribution in [-0.2, 0) is 10.0 Å². The van der Waals surface area contributed by atoms with Gasteiger partial charge in [0.2, 0.25) is 15.8 Å². The largest absolute Gasteiger partial charge is 0.402 e. The zero-order chi connectivity index (χ0) is 21.7. The summed E-state index contributed by atoms with van der Waals surface area (Å²) in [5, 5.41) is 18.8. The molecule has 0 spiro atoms. The minimum absolute atomic E-state index is 0.115. The Balaban J connectivity index is 2.07. The van der Waals surface area contributed by atoms with Gasteiger partial charge in [-0.2, -0.15) is 13.2 Å². The molecule has 160 valence electrons. The number of aliphatic imine (C=N–C) groups is 1. The predicted molar refractivity (Wildman–Crippen MR) is 95.9 cm³/mol. The Labute approximate surface area is 169 Å². The number of halogens is 5. The molecule has 1 aromatic carbocycles. The van der Waals surface area contributed by atoms with Crippen LogP contribution in [0.25, 0.3) is 0 Å². The first-order valence-corrected chi connectivity index (χ1v) is 10.00. The highest BCUT2D eigenvalue weighted by Crippen LogP contribution is 2.23. The number of hydroxylamine groups is 1. The summed E-state index contributed by atoms with van der Waals surface area (Å²) in [4.78, 5) is 4.00. The van der Waals surface area contributed by atoms with Gasteiger partial charge in [0.15, 0.2) is 11.5 Å². The number of hydrogen-bond acceptors (Lipinski definition) is 8. The molecule has 2 rings (SSSR count). The molecule has 0 amide bonds. The van der Waals surface area contributed by atoms with Crippen molar-refractivity contribution in [2.24, 2.45) is 4.99 Å². The second kappa shape index (κ2) is 9.47. The standard InChI is InChI=1S/C13H13BrF4N6O4S/c14-8-5-7(1-2-9(8)15)21-12(22-25)10-11(24-28-23-10)19-3-4-29(26,27)20-6-13(16,17)18/h1-2,5,20,25H,3-4,6H2,(H,19,24)(H,21,22). The molecule has 0 bridgehead atoms. The van der Waals surface area contributed by atoms with Gasteiger partial charge in [0, 0.05) is 6.54 Å². The van der Waals surface area contributed by atoms with Crippen molar-refractivity contribution in [1.29, 1.82) is 0 Å². The number of nitrogens with zero attached hydrogens (tertiary/aromatic N) is 3. The fourth-order valence-electron chi connectivity index (χ4n) is 1.84. The Bertz CT molecular complexity index is 982. The maximum Gasteiger partial charge on any atom is 0.402 e. The van der Waals surface area contributed by atoms with Crippen LogP contribution in [0.4, 0.5) is 29.1 Å². The Hall–Kier alpha value is -2.30. The topological polar surface area (TPSA) is 142 Å². The van der Waals surface area contributed by atoms with E-state index in [1.165, 1.54) is 16.9 Å². The van der Waals surface area contributed by atoms with E-state index in [9.17, 15) is 31.2 Å². The Kier molecular flexibility index (Phi) is 7.50. The average molecular weight is 505 g/mol. The van der Waals surface area contributed by atoms with Crippen LogP contribution >= 0.6 is 15.9 Å². The van der Waals surface area contributed by atoms with Gasteiger partial charge in [-0.1, -0.05) is 0 Å². The molecule has 0 radical (unpaired) electrons. The highest BCUT2D eigenvalue weighted by molar-refractivity contribution is 9.10. The van der Waals surface area contributed by atoms with Crippen LogP contribution in [0.15, 0.2) is 32.3 Å². The van der Waals surface area contributed by atoms with Crippen LogP contribution in [-0.4, -0.2) is 54.8 Å². The first-order chi connectivity index (χ1) is 13.5. The lowest BCUT2D eigenvalue weighted by atomic mass is 10.3. The first-order valence-electron chi connectivity index (χ1n) is 7.55. The molecule has 10 nitrogen and oxygen atoms in total. The third kappa shape index (κ3) is 7.22. The number of amidine groups is 1. The van der Waals surface area contributed by atoms with Gasteiger partial charge in [-0.25, -0.2) is 27.2 Å². The van der Waals surface area contributed by atoms with Crippen LogP contribution in [0.1, 0.15) is 5.69 Å². The van der Waals surface area contributed by atoms with Crippen molar-refractivity contribution in [1.82, 2.24) is 20.5 Å². The number of nitrogens with one attached hydrogen (secondary N) is 3. The zero-order valence-electron chi connectivity index (χ0n) is 14.2. The van der Waals surface area contributed by atoms with E-state index in [0.717, 1.165) is 6.07 Å². The van der Waals surface area contributed by atoms with E-state index in [4.69, 9.17) is 0 Å². The average Bonchev–Trinajstić information content (AvgIpc) is 3.09. The summed E-state index contributed by atoms with van der Waals surface area (Å²) in [5.74, 6) is -1.66. The lowest BCUT2D eigenvalue weighted by Crippen LogP contribution is -2.36. The molecule has 4 N–H and O–H groups in total. The van der Waals surface area contributed by atoms with Crippen LogP contribution in [0, 0.1) is 5.82 Å². The Morgan fingerprint density at radius 1 is 1.31 bits per heavy atom. The highest BCUT2D eigenvalue weighted by atomic mass is 79.9. The lowest BCUT2D eigenvalue weighted by Gasteiger charge is -2.10. The molecule has 0 aliphatic carbocycles. The number of anilines is 1. The van der Waals surface area contributed by atoms with Crippen LogP contribution in [0.5, 0.6) is 0 Å². The van der Waals surface area contributed by atoms with Gasteiger partial charge in [-0.3, -0.25) is 10.7 Å². The number of hydrogen-bond donors (Lipinski definition) is 4. The number of sulfonamides is 1. The second-order valence-electron chi connectivity index (χ2n) is 5.31. The zero-order valence-corrected chi connectivity index (χ0v) is 16.6. The molecule has 0 unspecified atom stereocenters. The van der Waals surface area contributed by atoms with Crippen molar-refractivity contribution in [3.05, 3.63) is 34.2 Å². The van der Waals surface area contributed by atoms with Gasteiger partial charge < -0.3 is 5.32 Å². The number of benzene rings is 1. The summed E-state index contributed by atoms with van der Waals surface area (Å²) < 4.78 is 78.7. The fourth-order valence-corrected chi connectivity index (χ4v) is 3.11. The van der Waals surface area contributed by atoms with Gasteiger partial charge in [-0.05, 0) is 44.4 Å². The highest BCUT2D eigenvalue weighted by Gasteiger charge is 2.29. The minimum atomic E-state index is -4.68. The predicted octanol–water partition coefficient (Wildman–Crippen LogP) is 1.92. The van der Waals surface area contributed by atoms with Crippen molar-refractivity contribution in [2.45, 2.75) is 6.18 Å². The van der Waals surface area contributed by atoms with Gasteiger partial charge in [0.1, 0.15) is 12.4 Å². The number of aromatic nitrogens is 2. The maximum absolute atomic E-state index is 13.3. The summed E-state index contributed by atoms with van der Waals surface area (Å²) in [6.45, 7) is -2.04. The molecule has 2 aromatic rings. The quantitative estimate of drug-likeness (QED) is 0.185. The molecule has 29 heavy (non-hydrogen) atoms. The molecular weight excluding hydrogens is 492 g/mol. The summed E-state index contributed by atoms with van der Waals surface area (Å²) >= 11 is 2.98. The summed E-state index contributed by atoms with van der Waals surface area (Å²) in [6, 6.07) is 3.74. The molecule has 0 saturated carbocycles. The van der Waals surface area contributed by atoms with Crippen molar-refractivity contribution < 1.29 is 35.8 Å². The van der Waals surface area contributed by atoms with Crippen LogP contribution in [0.3, 0.4) is 0 Å². The third-order valence-electron chi connectivity index (χ3n) is 3.12. The van der Waals surface area contributed by atoms with Crippen LogP contribution < -0.4 is 15.5 Å². The van der Waals surface area contributed by atoms with Gasteiger partial charge in [0.25, 0.3) is 0 Å². The van der Waals surface area contributed by atoms with Gasteiger partial charge in [-0.15, -0.1) is 0 Å². The Morgan fingerprint density at radius 2 is 2.03 bits per heavy atom. The smallest absolute Gasteiger partial charge is 0.364 e. The Morgan fingerprint density at radius 3 is 2.66 bits per heavy atom. The maximum atomic E-state index is 13.3. The van der Waals surface area contributed by atoms with E-state index in [-0.39, 0.29) is 34.1 Å².